The standard InChI is InChI=1S/C26H22O4/c1-28-25-16-21(14-15-24(25)29-17-19-8-3-2-4-9-19)26(27)30-18-22-12-7-11-20-10-5-6-13-23(20)22/h2-16H,17-18H2,1H3. The number of rotatable bonds is 7. The summed E-state index contributed by atoms with van der Waals surface area (Å²) in [5, 5.41) is 2.20. The Morgan fingerprint density at radius 3 is 2.37 bits per heavy atom. The first-order valence-electron chi connectivity index (χ1n) is 9.73. The van der Waals surface area contributed by atoms with Crippen molar-refractivity contribution in [1.82, 2.24) is 0 Å². The lowest BCUT2D eigenvalue weighted by molar-refractivity contribution is 0.0474. The molecule has 4 aromatic rings. The van der Waals surface area contributed by atoms with E-state index in [1.807, 2.05) is 72.8 Å². The Labute approximate surface area is 175 Å². The summed E-state index contributed by atoms with van der Waals surface area (Å²) in [5.74, 6) is 0.661. The van der Waals surface area contributed by atoms with Crippen LogP contribution in [0.5, 0.6) is 11.5 Å². The van der Waals surface area contributed by atoms with Crippen LogP contribution in [0.15, 0.2) is 91.0 Å². The summed E-state index contributed by atoms with van der Waals surface area (Å²) in [6.45, 7) is 0.622. The molecule has 4 rings (SSSR count). The fraction of sp³-hybridized carbons (Fsp3) is 0.115. The predicted octanol–water partition coefficient (Wildman–Crippen LogP) is 5.78. The van der Waals surface area contributed by atoms with Crippen LogP contribution in [0.1, 0.15) is 21.5 Å². The highest BCUT2D eigenvalue weighted by Crippen LogP contribution is 2.29. The second kappa shape index (κ2) is 9.14. The Balaban J connectivity index is 1.44. The largest absolute Gasteiger partial charge is 0.493 e. The van der Waals surface area contributed by atoms with Gasteiger partial charge in [0.25, 0.3) is 0 Å². The number of fused-ring (bicyclic) bond motifs is 1. The topological polar surface area (TPSA) is 44.8 Å². The van der Waals surface area contributed by atoms with Gasteiger partial charge >= 0.3 is 5.97 Å². The summed E-state index contributed by atoms with van der Waals surface area (Å²) < 4.78 is 16.8. The van der Waals surface area contributed by atoms with Gasteiger partial charge in [0.05, 0.1) is 12.7 Å². The average Bonchev–Trinajstić information content (AvgIpc) is 2.81. The highest BCUT2D eigenvalue weighted by Gasteiger charge is 2.13. The van der Waals surface area contributed by atoms with Crippen LogP contribution in [-0.2, 0) is 18.0 Å². The van der Waals surface area contributed by atoms with Gasteiger partial charge in [0.2, 0.25) is 0 Å². The molecule has 0 amide bonds. The number of ether oxygens (including phenoxy) is 3. The van der Waals surface area contributed by atoms with Crippen molar-refractivity contribution in [2.45, 2.75) is 13.2 Å². The SMILES string of the molecule is COc1cc(C(=O)OCc2cccc3ccccc23)ccc1OCc1ccccc1. The van der Waals surface area contributed by atoms with Crippen molar-refractivity contribution in [3.8, 4) is 11.5 Å². The number of carbonyl (C=O) groups is 1. The molecule has 0 saturated carbocycles. The second-order valence-corrected chi connectivity index (χ2v) is 6.85. The Bertz CT molecular complexity index is 1150. The highest BCUT2D eigenvalue weighted by molar-refractivity contribution is 5.91. The predicted molar refractivity (Wildman–Crippen MR) is 117 cm³/mol. The fourth-order valence-corrected chi connectivity index (χ4v) is 3.29. The van der Waals surface area contributed by atoms with Crippen LogP contribution < -0.4 is 9.47 Å². The van der Waals surface area contributed by atoms with Crippen molar-refractivity contribution in [3.63, 3.8) is 0 Å². The van der Waals surface area contributed by atoms with Crippen LogP contribution in [0.25, 0.3) is 10.8 Å². The van der Waals surface area contributed by atoms with Gasteiger partial charge in [-0.2, -0.15) is 0 Å². The fourth-order valence-electron chi connectivity index (χ4n) is 3.29. The third-order valence-electron chi connectivity index (χ3n) is 4.88. The van der Waals surface area contributed by atoms with Gasteiger partial charge in [0.15, 0.2) is 11.5 Å². The first-order chi connectivity index (χ1) is 14.7. The molecule has 4 nitrogen and oxygen atoms in total. The molecule has 0 saturated heterocycles. The van der Waals surface area contributed by atoms with Crippen LogP contribution in [-0.4, -0.2) is 13.1 Å². The van der Waals surface area contributed by atoms with Gasteiger partial charge in [0.1, 0.15) is 13.2 Å². The smallest absolute Gasteiger partial charge is 0.338 e. The third-order valence-corrected chi connectivity index (χ3v) is 4.88. The Hall–Kier alpha value is -3.79. The number of methoxy groups -OCH3 is 1. The van der Waals surface area contributed by atoms with E-state index in [1.54, 1.807) is 25.3 Å². The summed E-state index contributed by atoms with van der Waals surface area (Å²) in [6.07, 6.45) is 0. The van der Waals surface area contributed by atoms with Gasteiger partial charge in [-0.3, -0.25) is 0 Å². The average molecular weight is 398 g/mol. The van der Waals surface area contributed by atoms with Gasteiger partial charge in [-0.25, -0.2) is 4.79 Å². The molecule has 0 bridgehead atoms. The highest BCUT2D eigenvalue weighted by atomic mass is 16.5. The molecule has 0 aliphatic heterocycles. The number of carbonyl (C=O) groups excluding carboxylic acids is 1. The maximum Gasteiger partial charge on any atom is 0.338 e. The summed E-state index contributed by atoms with van der Waals surface area (Å²) >= 11 is 0. The molecular formula is C26H22O4. The second-order valence-electron chi connectivity index (χ2n) is 6.85. The molecule has 4 aromatic carbocycles. The molecule has 0 spiro atoms. The van der Waals surface area contributed by atoms with E-state index in [0.29, 0.717) is 23.7 Å². The summed E-state index contributed by atoms with van der Waals surface area (Å²) in [7, 11) is 1.55. The van der Waals surface area contributed by atoms with Crippen LogP contribution >= 0.6 is 0 Å². The van der Waals surface area contributed by atoms with E-state index in [1.165, 1.54) is 0 Å². The van der Waals surface area contributed by atoms with Crippen molar-refractivity contribution in [2.24, 2.45) is 0 Å². The molecule has 30 heavy (non-hydrogen) atoms. The van der Waals surface area contributed by atoms with Gasteiger partial charge in [-0.05, 0) is 40.1 Å². The zero-order valence-corrected chi connectivity index (χ0v) is 16.7. The zero-order valence-electron chi connectivity index (χ0n) is 16.7. The third kappa shape index (κ3) is 4.44. The van der Waals surface area contributed by atoms with Crippen LogP contribution in [0.4, 0.5) is 0 Å². The Morgan fingerprint density at radius 2 is 1.53 bits per heavy atom. The molecular weight excluding hydrogens is 376 g/mol. The summed E-state index contributed by atoms with van der Waals surface area (Å²) in [4.78, 5) is 12.6. The van der Waals surface area contributed by atoms with Gasteiger partial charge < -0.3 is 14.2 Å². The Morgan fingerprint density at radius 1 is 0.767 bits per heavy atom. The van der Waals surface area contributed by atoms with Crippen molar-refractivity contribution >= 4 is 16.7 Å². The minimum Gasteiger partial charge on any atom is -0.493 e. The first kappa shape index (κ1) is 19.5. The molecule has 0 radical (unpaired) electrons. The van der Waals surface area contributed by atoms with E-state index in [2.05, 4.69) is 0 Å². The van der Waals surface area contributed by atoms with E-state index in [4.69, 9.17) is 14.2 Å². The molecule has 0 aromatic heterocycles. The maximum absolute atomic E-state index is 12.6. The zero-order chi connectivity index (χ0) is 20.8. The molecule has 0 aliphatic rings. The molecule has 0 atom stereocenters. The number of esters is 1. The van der Waals surface area contributed by atoms with E-state index >= 15 is 0 Å². The number of hydrogen-bond acceptors (Lipinski definition) is 4. The molecule has 0 N–H and O–H groups in total. The van der Waals surface area contributed by atoms with Crippen LogP contribution in [0, 0.1) is 0 Å². The summed E-state index contributed by atoms with van der Waals surface area (Å²) in [6, 6.07) is 29.0. The monoisotopic (exact) mass is 398 g/mol. The molecule has 150 valence electrons. The van der Waals surface area contributed by atoms with E-state index < -0.39 is 5.97 Å². The maximum atomic E-state index is 12.6. The Kier molecular flexibility index (Phi) is 5.95. The van der Waals surface area contributed by atoms with Crippen molar-refractivity contribution < 1.29 is 19.0 Å². The van der Waals surface area contributed by atoms with Crippen molar-refractivity contribution in [2.75, 3.05) is 7.11 Å². The number of hydrogen-bond donors (Lipinski definition) is 0. The quantitative estimate of drug-likeness (QED) is 0.370. The van der Waals surface area contributed by atoms with Gasteiger partial charge in [-0.1, -0.05) is 72.8 Å². The normalized spacial score (nSPS) is 10.6. The molecule has 0 heterocycles. The lowest BCUT2D eigenvalue weighted by Crippen LogP contribution is -2.06. The van der Waals surface area contributed by atoms with Crippen LogP contribution in [0.3, 0.4) is 0 Å². The van der Waals surface area contributed by atoms with E-state index in [9.17, 15) is 4.79 Å². The minimum absolute atomic E-state index is 0.203. The first-order valence-corrected chi connectivity index (χ1v) is 9.73. The lowest BCUT2D eigenvalue weighted by Gasteiger charge is -2.12. The molecule has 0 fully saturated rings. The van der Waals surface area contributed by atoms with Gasteiger partial charge in [0, 0.05) is 0 Å². The van der Waals surface area contributed by atoms with E-state index in [-0.39, 0.29) is 6.61 Å². The molecule has 0 aliphatic carbocycles. The summed E-state index contributed by atoms with van der Waals surface area (Å²) in [5.41, 5.74) is 2.44. The minimum atomic E-state index is -0.407. The van der Waals surface area contributed by atoms with Gasteiger partial charge in [-0.15, -0.1) is 0 Å². The van der Waals surface area contributed by atoms with Crippen molar-refractivity contribution in [3.05, 3.63) is 108 Å². The number of benzene rings is 4. The molecule has 4 heteroatoms. The van der Waals surface area contributed by atoms with E-state index in [0.717, 1.165) is 21.9 Å². The van der Waals surface area contributed by atoms with Crippen LogP contribution in [0.2, 0.25) is 0 Å². The van der Waals surface area contributed by atoms with Crippen molar-refractivity contribution in [1.29, 1.82) is 0 Å². The lowest BCUT2D eigenvalue weighted by atomic mass is 10.1. The molecule has 0 unspecified atom stereocenters.